The summed E-state index contributed by atoms with van der Waals surface area (Å²) in [7, 11) is 0. The maximum atomic E-state index is 13.6. The smallest absolute Gasteiger partial charge is 0.132 e. The highest BCUT2D eigenvalue weighted by Crippen LogP contribution is 2.27. The molecule has 0 nitrogen and oxygen atoms in total. The van der Waals surface area contributed by atoms with E-state index in [1.807, 2.05) is 31.2 Å². The van der Waals surface area contributed by atoms with Gasteiger partial charge in [-0.3, -0.25) is 0 Å². The van der Waals surface area contributed by atoms with Crippen LogP contribution in [0.2, 0.25) is 5.02 Å². The zero-order valence-electron chi connectivity index (χ0n) is 8.30. The Morgan fingerprint density at radius 2 is 1.73 bits per heavy atom. The molecule has 0 aliphatic heterocycles. The van der Waals surface area contributed by atoms with Crippen LogP contribution in [0.25, 0.3) is 11.1 Å². The number of hydrogen-bond acceptors (Lipinski definition) is 0. The molecule has 0 unspecified atom stereocenters. The minimum absolute atomic E-state index is 0.281. The quantitative estimate of drug-likeness (QED) is 0.666. The molecular formula is C13H10ClF. The maximum absolute atomic E-state index is 13.6. The van der Waals surface area contributed by atoms with E-state index in [0.29, 0.717) is 10.6 Å². The van der Waals surface area contributed by atoms with Gasteiger partial charge < -0.3 is 0 Å². The molecule has 0 amide bonds. The van der Waals surface area contributed by atoms with Gasteiger partial charge in [0.2, 0.25) is 0 Å². The van der Waals surface area contributed by atoms with Gasteiger partial charge in [-0.2, -0.15) is 0 Å². The molecule has 0 radical (unpaired) electrons. The molecular weight excluding hydrogens is 211 g/mol. The molecule has 2 rings (SSSR count). The molecule has 0 aliphatic rings. The van der Waals surface area contributed by atoms with Crippen LogP contribution in [0.5, 0.6) is 0 Å². The van der Waals surface area contributed by atoms with E-state index in [9.17, 15) is 4.39 Å². The van der Waals surface area contributed by atoms with Gasteiger partial charge in [-0.05, 0) is 36.2 Å². The Bertz CT molecular complexity index is 492. The molecule has 0 heterocycles. The van der Waals surface area contributed by atoms with Crippen LogP contribution < -0.4 is 0 Å². The fraction of sp³-hybridized carbons (Fsp3) is 0.0769. The summed E-state index contributed by atoms with van der Waals surface area (Å²) in [5, 5.41) is 0.421. The first-order valence-electron chi connectivity index (χ1n) is 4.69. The van der Waals surface area contributed by atoms with Crippen LogP contribution >= 0.6 is 11.6 Å². The van der Waals surface area contributed by atoms with Crippen molar-refractivity contribution in [1.82, 2.24) is 0 Å². The molecule has 0 atom stereocenters. The van der Waals surface area contributed by atoms with E-state index in [2.05, 4.69) is 0 Å². The highest BCUT2D eigenvalue weighted by Gasteiger charge is 2.07. The van der Waals surface area contributed by atoms with Crippen LogP contribution in [-0.2, 0) is 0 Å². The Hall–Kier alpha value is -1.34. The van der Waals surface area contributed by atoms with Gasteiger partial charge in [0, 0.05) is 10.6 Å². The monoisotopic (exact) mass is 220 g/mol. The second-order valence-electron chi connectivity index (χ2n) is 3.44. The highest BCUT2D eigenvalue weighted by molar-refractivity contribution is 6.30. The van der Waals surface area contributed by atoms with Crippen LogP contribution in [0.4, 0.5) is 4.39 Å². The van der Waals surface area contributed by atoms with E-state index < -0.39 is 0 Å². The fourth-order valence-electron chi connectivity index (χ4n) is 1.58. The third-order valence-electron chi connectivity index (χ3n) is 2.37. The highest BCUT2D eigenvalue weighted by atomic mass is 35.5. The first-order chi connectivity index (χ1) is 7.18. The van der Waals surface area contributed by atoms with E-state index in [0.717, 1.165) is 11.1 Å². The van der Waals surface area contributed by atoms with Crippen molar-refractivity contribution < 1.29 is 4.39 Å². The molecule has 0 fully saturated rings. The lowest BCUT2D eigenvalue weighted by atomic mass is 10.0. The molecule has 0 spiro atoms. The van der Waals surface area contributed by atoms with Gasteiger partial charge >= 0.3 is 0 Å². The van der Waals surface area contributed by atoms with Gasteiger partial charge in [0.05, 0.1) is 0 Å². The van der Waals surface area contributed by atoms with E-state index in [4.69, 9.17) is 11.6 Å². The van der Waals surface area contributed by atoms with E-state index in [-0.39, 0.29) is 5.82 Å². The molecule has 0 aromatic heterocycles. The van der Waals surface area contributed by atoms with Crippen LogP contribution in [0.3, 0.4) is 0 Å². The van der Waals surface area contributed by atoms with Crippen LogP contribution in [0.15, 0.2) is 42.5 Å². The molecule has 0 saturated carbocycles. The number of aryl methyl sites for hydroxylation is 1. The number of halogens is 2. The van der Waals surface area contributed by atoms with E-state index in [1.54, 1.807) is 12.1 Å². The SMILES string of the molecule is Cc1ccccc1-c1ccc(Cl)cc1F. The normalized spacial score (nSPS) is 10.3. The first-order valence-corrected chi connectivity index (χ1v) is 5.07. The zero-order chi connectivity index (χ0) is 10.8. The summed E-state index contributed by atoms with van der Waals surface area (Å²) in [5.74, 6) is -0.281. The Kier molecular flexibility index (Phi) is 2.74. The molecule has 0 saturated heterocycles. The van der Waals surface area contributed by atoms with Gasteiger partial charge in [-0.25, -0.2) is 4.39 Å². The summed E-state index contributed by atoms with van der Waals surface area (Å²) in [5.41, 5.74) is 2.56. The molecule has 76 valence electrons. The maximum Gasteiger partial charge on any atom is 0.132 e. The van der Waals surface area contributed by atoms with Gasteiger partial charge in [0.25, 0.3) is 0 Å². The summed E-state index contributed by atoms with van der Waals surface area (Å²) in [4.78, 5) is 0. The zero-order valence-corrected chi connectivity index (χ0v) is 9.05. The van der Waals surface area contributed by atoms with Crippen molar-refractivity contribution in [1.29, 1.82) is 0 Å². The second kappa shape index (κ2) is 4.03. The fourth-order valence-corrected chi connectivity index (χ4v) is 1.74. The Morgan fingerprint density at radius 1 is 1.00 bits per heavy atom. The van der Waals surface area contributed by atoms with Gasteiger partial charge in [-0.15, -0.1) is 0 Å². The van der Waals surface area contributed by atoms with Crippen LogP contribution in [0.1, 0.15) is 5.56 Å². The lowest BCUT2D eigenvalue weighted by Gasteiger charge is -2.06. The standard InChI is InChI=1S/C13H10ClF/c1-9-4-2-3-5-11(9)12-7-6-10(14)8-13(12)15/h2-8H,1H3. The Balaban J connectivity index is 2.60. The summed E-state index contributed by atoms with van der Waals surface area (Å²) in [6.45, 7) is 1.96. The molecule has 0 N–H and O–H groups in total. The van der Waals surface area contributed by atoms with Crippen molar-refractivity contribution in [2.75, 3.05) is 0 Å². The van der Waals surface area contributed by atoms with Crippen molar-refractivity contribution in [3.8, 4) is 11.1 Å². The lowest BCUT2D eigenvalue weighted by molar-refractivity contribution is 0.631. The largest absolute Gasteiger partial charge is 0.206 e. The summed E-state index contributed by atoms with van der Waals surface area (Å²) >= 11 is 5.70. The summed E-state index contributed by atoms with van der Waals surface area (Å²) in [6.07, 6.45) is 0. The van der Waals surface area contributed by atoms with Gasteiger partial charge in [0.15, 0.2) is 0 Å². The first kappa shape index (κ1) is 10.2. The number of rotatable bonds is 1. The molecule has 15 heavy (non-hydrogen) atoms. The number of hydrogen-bond donors (Lipinski definition) is 0. The predicted molar refractivity (Wildman–Crippen MR) is 61.6 cm³/mol. The summed E-state index contributed by atoms with van der Waals surface area (Å²) < 4.78 is 13.6. The van der Waals surface area contributed by atoms with Gasteiger partial charge in [0.1, 0.15) is 5.82 Å². The molecule has 0 bridgehead atoms. The van der Waals surface area contributed by atoms with Crippen molar-refractivity contribution in [2.24, 2.45) is 0 Å². The Labute approximate surface area is 93.3 Å². The van der Waals surface area contributed by atoms with E-state index >= 15 is 0 Å². The molecule has 2 aromatic carbocycles. The van der Waals surface area contributed by atoms with E-state index in [1.165, 1.54) is 6.07 Å². The van der Waals surface area contributed by atoms with Crippen LogP contribution in [0, 0.1) is 12.7 Å². The topological polar surface area (TPSA) is 0 Å². The molecule has 2 aromatic rings. The minimum atomic E-state index is -0.281. The minimum Gasteiger partial charge on any atom is -0.206 e. The van der Waals surface area contributed by atoms with Crippen LogP contribution in [-0.4, -0.2) is 0 Å². The van der Waals surface area contributed by atoms with Crippen molar-refractivity contribution in [3.05, 3.63) is 58.9 Å². The van der Waals surface area contributed by atoms with Gasteiger partial charge in [-0.1, -0.05) is 35.9 Å². The third-order valence-corrected chi connectivity index (χ3v) is 2.60. The molecule has 2 heteroatoms. The average Bonchev–Trinajstić information content (AvgIpc) is 2.20. The van der Waals surface area contributed by atoms with Crippen molar-refractivity contribution >= 4 is 11.6 Å². The second-order valence-corrected chi connectivity index (χ2v) is 3.88. The van der Waals surface area contributed by atoms with Crippen molar-refractivity contribution in [3.63, 3.8) is 0 Å². The lowest BCUT2D eigenvalue weighted by Crippen LogP contribution is -1.87. The molecule has 0 aliphatic carbocycles. The average molecular weight is 221 g/mol. The Morgan fingerprint density at radius 3 is 2.40 bits per heavy atom. The summed E-state index contributed by atoms with van der Waals surface area (Å²) in [6, 6.07) is 12.4. The third kappa shape index (κ3) is 2.02. The number of benzene rings is 2. The van der Waals surface area contributed by atoms with Crippen molar-refractivity contribution in [2.45, 2.75) is 6.92 Å². The predicted octanol–water partition coefficient (Wildman–Crippen LogP) is 4.45.